The van der Waals surface area contributed by atoms with Crippen LogP contribution in [0.3, 0.4) is 0 Å². The summed E-state index contributed by atoms with van der Waals surface area (Å²) in [5.41, 5.74) is -1.10. The minimum Gasteiger partial charge on any atom is -0.444 e. The van der Waals surface area contributed by atoms with Gasteiger partial charge in [-0.15, -0.1) is 0 Å². The standard InChI is InChI=1S/C18H34N2O3/c1-16(2,3)23-15(21)20-13-17(4,5)9-7-14(20)11-18(22)8-6-10-19-12-18/h14,19,22H,6-13H2,1-5H3. The molecule has 2 N–H and O–H groups in total. The zero-order valence-electron chi connectivity index (χ0n) is 15.4. The summed E-state index contributed by atoms with van der Waals surface area (Å²) in [7, 11) is 0. The van der Waals surface area contributed by atoms with Gasteiger partial charge >= 0.3 is 6.09 Å². The number of β-amino-alcohol motifs (C(OH)–C–C–N with tert-alkyl or cyclic N) is 1. The maximum absolute atomic E-state index is 12.7. The molecular weight excluding hydrogens is 292 g/mol. The highest BCUT2D eigenvalue weighted by Gasteiger charge is 2.42. The fraction of sp³-hybridized carbons (Fsp3) is 0.944. The smallest absolute Gasteiger partial charge is 0.410 e. The number of nitrogens with zero attached hydrogens (tertiary/aromatic N) is 1. The molecule has 2 rings (SSSR count). The van der Waals surface area contributed by atoms with Gasteiger partial charge in [0, 0.05) is 19.1 Å². The number of aliphatic hydroxyl groups is 1. The first-order chi connectivity index (χ1) is 10.5. The van der Waals surface area contributed by atoms with E-state index in [1.54, 1.807) is 0 Å². The van der Waals surface area contributed by atoms with E-state index in [0.29, 0.717) is 19.5 Å². The maximum atomic E-state index is 12.7. The van der Waals surface area contributed by atoms with Crippen LogP contribution in [0.1, 0.15) is 66.7 Å². The summed E-state index contributed by atoms with van der Waals surface area (Å²) in [6, 6.07) is 0.0581. The Morgan fingerprint density at radius 1 is 1.35 bits per heavy atom. The highest BCUT2D eigenvalue weighted by atomic mass is 16.6. The van der Waals surface area contributed by atoms with Crippen LogP contribution in [0.15, 0.2) is 0 Å². The Bertz CT molecular complexity index is 422. The van der Waals surface area contributed by atoms with Gasteiger partial charge in [-0.3, -0.25) is 0 Å². The Labute approximate surface area is 140 Å². The second-order valence-corrected chi connectivity index (χ2v) is 9.17. The number of ether oxygens (including phenoxy) is 1. The van der Waals surface area contributed by atoms with Gasteiger partial charge in [0.1, 0.15) is 5.60 Å². The van der Waals surface area contributed by atoms with E-state index in [1.165, 1.54) is 0 Å². The van der Waals surface area contributed by atoms with Crippen molar-refractivity contribution in [3.63, 3.8) is 0 Å². The average Bonchev–Trinajstić information content (AvgIpc) is 2.39. The van der Waals surface area contributed by atoms with Crippen LogP contribution in [0.25, 0.3) is 0 Å². The maximum Gasteiger partial charge on any atom is 0.410 e. The zero-order valence-corrected chi connectivity index (χ0v) is 15.4. The van der Waals surface area contributed by atoms with Gasteiger partial charge < -0.3 is 20.1 Å². The van der Waals surface area contributed by atoms with E-state index in [-0.39, 0.29) is 17.6 Å². The first kappa shape index (κ1) is 18.5. The van der Waals surface area contributed by atoms with Crippen LogP contribution in [0.4, 0.5) is 4.79 Å². The Morgan fingerprint density at radius 2 is 2.04 bits per heavy atom. The number of carbonyl (C=O) groups is 1. The average molecular weight is 326 g/mol. The van der Waals surface area contributed by atoms with Gasteiger partial charge in [0.25, 0.3) is 0 Å². The molecule has 2 aliphatic rings. The molecule has 0 aromatic carbocycles. The number of likely N-dealkylation sites (tertiary alicyclic amines) is 1. The van der Waals surface area contributed by atoms with E-state index >= 15 is 0 Å². The zero-order chi connectivity index (χ0) is 17.3. The molecule has 23 heavy (non-hydrogen) atoms. The van der Waals surface area contributed by atoms with Crippen LogP contribution in [-0.4, -0.2) is 53.0 Å². The van der Waals surface area contributed by atoms with Crippen LogP contribution >= 0.6 is 0 Å². The third-order valence-electron chi connectivity index (χ3n) is 4.89. The Balaban J connectivity index is 2.10. The molecule has 2 heterocycles. The van der Waals surface area contributed by atoms with E-state index in [9.17, 15) is 9.90 Å². The van der Waals surface area contributed by atoms with Gasteiger partial charge in [0.15, 0.2) is 0 Å². The van der Waals surface area contributed by atoms with E-state index in [2.05, 4.69) is 19.2 Å². The molecule has 2 unspecified atom stereocenters. The van der Waals surface area contributed by atoms with E-state index in [4.69, 9.17) is 4.74 Å². The molecule has 0 aliphatic carbocycles. The molecule has 0 spiro atoms. The molecule has 2 saturated heterocycles. The molecule has 5 nitrogen and oxygen atoms in total. The fourth-order valence-electron chi connectivity index (χ4n) is 3.69. The van der Waals surface area contributed by atoms with Crippen molar-refractivity contribution in [2.75, 3.05) is 19.6 Å². The van der Waals surface area contributed by atoms with Crippen LogP contribution in [-0.2, 0) is 4.74 Å². The summed E-state index contributed by atoms with van der Waals surface area (Å²) < 4.78 is 5.61. The van der Waals surface area contributed by atoms with Crippen LogP contribution < -0.4 is 5.32 Å². The third kappa shape index (κ3) is 5.35. The highest BCUT2D eigenvalue weighted by Crippen LogP contribution is 2.36. The molecule has 2 aliphatic heterocycles. The number of rotatable bonds is 2. The molecule has 1 amide bonds. The van der Waals surface area contributed by atoms with Crippen molar-refractivity contribution in [3.05, 3.63) is 0 Å². The van der Waals surface area contributed by atoms with Crippen molar-refractivity contribution in [3.8, 4) is 0 Å². The lowest BCUT2D eigenvalue weighted by Crippen LogP contribution is -2.56. The van der Waals surface area contributed by atoms with Gasteiger partial charge in [0.05, 0.1) is 5.60 Å². The van der Waals surface area contributed by atoms with Gasteiger partial charge in [-0.1, -0.05) is 13.8 Å². The lowest BCUT2D eigenvalue weighted by Gasteiger charge is -2.46. The topological polar surface area (TPSA) is 61.8 Å². The molecular formula is C18H34N2O3. The monoisotopic (exact) mass is 326 g/mol. The van der Waals surface area contributed by atoms with Gasteiger partial charge in [-0.25, -0.2) is 4.79 Å². The van der Waals surface area contributed by atoms with E-state index in [1.807, 2.05) is 25.7 Å². The summed E-state index contributed by atoms with van der Waals surface area (Å²) in [4.78, 5) is 14.5. The molecule has 2 atom stereocenters. The van der Waals surface area contributed by atoms with Crippen LogP contribution in [0.2, 0.25) is 0 Å². The molecule has 0 saturated carbocycles. The van der Waals surface area contributed by atoms with Crippen LogP contribution in [0, 0.1) is 5.41 Å². The number of amides is 1. The summed E-state index contributed by atoms with van der Waals surface area (Å²) in [6.45, 7) is 12.4. The SMILES string of the molecule is CC1(C)CCC(CC2(O)CCCNC2)N(C(=O)OC(C)(C)C)C1. The van der Waals surface area contributed by atoms with Gasteiger partial charge in [0.2, 0.25) is 0 Å². The molecule has 2 fully saturated rings. The molecule has 0 radical (unpaired) electrons. The number of hydrogen-bond acceptors (Lipinski definition) is 4. The number of carbonyl (C=O) groups excluding carboxylic acids is 1. The van der Waals surface area contributed by atoms with Crippen molar-refractivity contribution < 1.29 is 14.6 Å². The second-order valence-electron chi connectivity index (χ2n) is 9.17. The third-order valence-corrected chi connectivity index (χ3v) is 4.89. The predicted molar refractivity (Wildman–Crippen MR) is 91.4 cm³/mol. The van der Waals surface area contributed by atoms with E-state index < -0.39 is 11.2 Å². The quantitative estimate of drug-likeness (QED) is 0.819. The van der Waals surface area contributed by atoms with Crippen molar-refractivity contribution >= 4 is 6.09 Å². The van der Waals surface area contributed by atoms with E-state index in [0.717, 1.165) is 32.2 Å². The first-order valence-corrected chi connectivity index (χ1v) is 8.93. The minimum atomic E-state index is -0.704. The van der Waals surface area contributed by atoms with Crippen molar-refractivity contribution in [2.24, 2.45) is 5.41 Å². The van der Waals surface area contributed by atoms with Crippen molar-refractivity contribution in [1.29, 1.82) is 0 Å². The molecule has 0 aromatic rings. The first-order valence-electron chi connectivity index (χ1n) is 8.93. The molecule has 0 bridgehead atoms. The Morgan fingerprint density at radius 3 is 2.61 bits per heavy atom. The summed E-state index contributed by atoms with van der Waals surface area (Å²) in [6.07, 6.45) is 4.18. The van der Waals surface area contributed by atoms with Crippen molar-refractivity contribution in [1.82, 2.24) is 10.2 Å². The molecule has 134 valence electrons. The lowest BCUT2D eigenvalue weighted by molar-refractivity contribution is -0.0460. The highest BCUT2D eigenvalue weighted by molar-refractivity contribution is 5.68. The summed E-state index contributed by atoms with van der Waals surface area (Å²) in [5.74, 6) is 0. The fourth-order valence-corrected chi connectivity index (χ4v) is 3.69. The Hall–Kier alpha value is -0.810. The minimum absolute atomic E-state index is 0.0581. The van der Waals surface area contributed by atoms with Crippen molar-refractivity contribution in [2.45, 2.75) is 84.0 Å². The number of piperidine rings is 2. The summed E-state index contributed by atoms with van der Waals surface area (Å²) in [5, 5.41) is 14.1. The second kappa shape index (κ2) is 6.60. The number of nitrogens with one attached hydrogen (secondary N) is 1. The molecule has 0 aromatic heterocycles. The van der Waals surface area contributed by atoms with Crippen LogP contribution in [0.5, 0.6) is 0 Å². The largest absolute Gasteiger partial charge is 0.444 e. The van der Waals surface area contributed by atoms with Gasteiger partial charge in [-0.05, 0) is 64.8 Å². The van der Waals surface area contributed by atoms with Gasteiger partial charge in [-0.2, -0.15) is 0 Å². The molecule has 5 heteroatoms. The Kier molecular flexibility index (Phi) is 5.31. The number of hydrogen-bond donors (Lipinski definition) is 2. The normalized spacial score (nSPS) is 31.7. The summed E-state index contributed by atoms with van der Waals surface area (Å²) >= 11 is 0. The lowest BCUT2D eigenvalue weighted by atomic mass is 9.77. The predicted octanol–water partition coefficient (Wildman–Crippen LogP) is 2.92.